The summed E-state index contributed by atoms with van der Waals surface area (Å²) < 4.78 is 27.0. The molecule has 0 saturated heterocycles. The number of rotatable bonds is 5. The van der Waals surface area contributed by atoms with Crippen LogP contribution in [0.15, 0.2) is 23.1 Å². The van der Waals surface area contributed by atoms with Crippen molar-refractivity contribution in [1.82, 2.24) is 4.72 Å². The van der Waals surface area contributed by atoms with E-state index in [0.717, 1.165) is 25.1 Å². The monoisotopic (exact) mass is 311 g/mol. The Morgan fingerprint density at radius 1 is 1.29 bits per heavy atom. The van der Waals surface area contributed by atoms with Gasteiger partial charge in [-0.3, -0.25) is 0 Å². The van der Waals surface area contributed by atoms with Crippen molar-refractivity contribution in [1.29, 1.82) is 0 Å². The second kappa shape index (κ2) is 6.66. The second-order valence-electron chi connectivity index (χ2n) is 5.51. The summed E-state index contributed by atoms with van der Waals surface area (Å²) in [5.74, 6) is 0. The number of nitrogens with one attached hydrogen (secondary N) is 1. The minimum absolute atomic E-state index is 0.275. The van der Waals surface area contributed by atoms with Crippen LogP contribution in [0.25, 0.3) is 0 Å². The fourth-order valence-electron chi connectivity index (χ4n) is 3.11. The van der Waals surface area contributed by atoms with Crippen LogP contribution in [0.1, 0.15) is 39.0 Å². The van der Waals surface area contributed by atoms with Crippen LogP contribution in [0, 0.1) is 0 Å². The Labute approximate surface area is 127 Å². The topological polar surface area (TPSA) is 75.4 Å². The van der Waals surface area contributed by atoms with Gasteiger partial charge in [0.05, 0.1) is 5.69 Å². The van der Waals surface area contributed by atoms with E-state index in [-0.39, 0.29) is 4.90 Å². The number of benzene rings is 1. The van der Waals surface area contributed by atoms with Gasteiger partial charge in [0.1, 0.15) is 4.90 Å². The highest BCUT2D eigenvalue weighted by atomic mass is 32.2. The Kier molecular flexibility index (Phi) is 5.11. The van der Waals surface area contributed by atoms with E-state index >= 15 is 0 Å². The molecule has 0 unspecified atom stereocenters. The van der Waals surface area contributed by atoms with Crippen LogP contribution in [0.5, 0.6) is 0 Å². The lowest BCUT2D eigenvalue weighted by atomic mass is 9.94. The van der Waals surface area contributed by atoms with Crippen LogP contribution in [0.3, 0.4) is 0 Å². The normalized spacial score (nSPS) is 16.9. The largest absolute Gasteiger partial charge is 0.399 e. The van der Waals surface area contributed by atoms with Gasteiger partial charge in [-0.2, -0.15) is 0 Å². The summed E-state index contributed by atoms with van der Waals surface area (Å²) in [6, 6.07) is 5.57. The first-order chi connectivity index (χ1) is 9.99. The van der Waals surface area contributed by atoms with Gasteiger partial charge in [-0.25, -0.2) is 13.1 Å². The van der Waals surface area contributed by atoms with Gasteiger partial charge in [0.2, 0.25) is 10.0 Å². The summed E-state index contributed by atoms with van der Waals surface area (Å²) in [4.78, 5) is 2.49. The Hall–Kier alpha value is -1.27. The lowest BCUT2D eigenvalue weighted by Gasteiger charge is -2.36. The lowest BCUT2D eigenvalue weighted by Crippen LogP contribution is -2.38. The molecule has 0 amide bonds. The van der Waals surface area contributed by atoms with E-state index in [1.807, 2.05) is 6.07 Å². The molecule has 0 bridgehead atoms. The Bertz CT molecular complexity index is 581. The summed E-state index contributed by atoms with van der Waals surface area (Å²) >= 11 is 0. The molecule has 1 aromatic rings. The molecule has 118 valence electrons. The molecular formula is C15H25N3O2S. The van der Waals surface area contributed by atoms with Crippen molar-refractivity contribution < 1.29 is 8.42 Å². The van der Waals surface area contributed by atoms with Crippen LogP contribution >= 0.6 is 0 Å². The first kappa shape index (κ1) is 16.1. The molecule has 0 aliphatic heterocycles. The average molecular weight is 311 g/mol. The Balaban J connectivity index is 2.45. The number of anilines is 2. The average Bonchev–Trinajstić information content (AvgIpc) is 2.50. The highest BCUT2D eigenvalue weighted by Crippen LogP contribution is 2.32. The van der Waals surface area contributed by atoms with Gasteiger partial charge >= 0.3 is 0 Å². The maximum Gasteiger partial charge on any atom is 0.242 e. The summed E-state index contributed by atoms with van der Waals surface area (Å²) in [5.41, 5.74) is 7.01. The summed E-state index contributed by atoms with van der Waals surface area (Å²) in [6.07, 6.45) is 5.94. The van der Waals surface area contributed by atoms with Crippen LogP contribution < -0.4 is 15.4 Å². The van der Waals surface area contributed by atoms with E-state index in [0.29, 0.717) is 11.7 Å². The van der Waals surface area contributed by atoms with Crippen molar-refractivity contribution >= 4 is 21.4 Å². The molecule has 1 fully saturated rings. The van der Waals surface area contributed by atoms with Crippen molar-refractivity contribution in [2.24, 2.45) is 0 Å². The van der Waals surface area contributed by atoms with Gasteiger partial charge in [0.25, 0.3) is 0 Å². The maximum absolute atomic E-state index is 12.3. The molecule has 0 spiro atoms. The molecule has 1 aromatic carbocycles. The zero-order valence-electron chi connectivity index (χ0n) is 12.8. The second-order valence-corrected chi connectivity index (χ2v) is 7.37. The molecule has 0 atom stereocenters. The molecule has 0 aromatic heterocycles. The Morgan fingerprint density at radius 3 is 2.52 bits per heavy atom. The van der Waals surface area contributed by atoms with Crippen molar-refractivity contribution in [2.75, 3.05) is 24.2 Å². The molecule has 1 saturated carbocycles. The van der Waals surface area contributed by atoms with Crippen molar-refractivity contribution in [3.63, 3.8) is 0 Å². The molecule has 3 N–H and O–H groups in total. The lowest BCUT2D eigenvalue weighted by molar-refractivity contribution is 0.417. The number of hydrogen-bond donors (Lipinski definition) is 2. The molecule has 1 aliphatic rings. The molecule has 0 radical (unpaired) electrons. The van der Waals surface area contributed by atoms with Crippen molar-refractivity contribution in [3.8, 4) is 0 Å². The molecule has 6 heteroatoms. The van der Waals surface area contributed by atoms with Crippen LogP contribution in [-0.4, -0.2) is 28.1 Å². The minimum Gasteiger partial charge on any atom is -0.399 e. The maximum atomic E-state index is 12.3. The van der Waals surface area contributed by atoms with E-state index in [1.54, 1.807) is 12.1 Å². The van der Waals surface area contributed by atoms with Crippen molar-refractivity contribution in [2.45, 2.75) is 50.0 Å². The summed E-state index contributed by atoms with van der Waals surface area (Å²) in [7, 11) is -2.09. The first-order valence-electron chi connectivity index (χ1n) is 7.59. The third-order valence-electron chi connectivity index (χ3n) is 4.21. The van der Waals surface area contributed by atoms with Gasteiger partial charge in [-0.1, -0.05) is 19.3 Å². The van der Waals surface area contributed by atoms with E-state index in [1.165, 1.54) is 26.3 Å². The van der Waals surface area contributed by atoms with Gasteiger partial charge in [-0.15, -0.1) is 0 Å². The minimum atomic E-state index is -3.52. The van der Waals surface area contributed by atoms with Crippen LogP contribution in [0.2, 0.25) is 0 Å². The molecular weight excluding hydrogens is 286 g/mol. The van der Waals surface area contributed by atoms with Crippen LogP contribution in [0.4, 0.5) is 11.4 Å². The van der Waals surface area contributed by atoms with E-state index in [2.05, 4.69) is 16.5 Å². The highest BCUT2D eigenvalue weighted by Gasteiger charge is 2.26. The van der Waals surface area contributed by atoms with Gasteiger partial charge in [-0.05, 0) is 45.0 Å². The zero-order valence-corrected chi connectivity index (χ0v) is 13.6. The quantitative estimate of drug-likeness (QED) is 0.818. The standard InChI is InChI=1S/C15H25N3O2S/c1-3-18(13-7-5-4-6-8-13)14-10-9-12(16)11-15(14)21(19,20)17-2/h9-11,13,17H,3-8,16H2,1-2H3. The fourth-order valence-corrected chi connectivity index (χ4v) is 4.08. The third-order valence-corrected chi connectivity index (χ3v) is 5.65. The highest BCUT2D eigenvalue weighted by molar-refractivity contribution is 7.89. The Morgan fingerprint density at radius 2 is 1.95 bits per heavy atom. The molecule has 5 nitrogen and oxygen atoms in total. The predicted molar refractivity (Wildman–Crippen MR) is 87.0 cm³/mol. The zero-order chi connectivity index (χ0) is 15.5. The SMILES string of the molecule is CCN(c1ccc(N)cc1S(=O)(=O)NC)C1CCCCC1. The molecule has 1 aliphatic carbocycles. The third kappa shape index (κ3) is 3.49. The molecule has 0 heterocycles. The fraction of sp³-hybridized carbons (Fsp3) is 0.600. The number of nitrogens with two attached hydrogens (primary N) is 1. The predicted octanol–water partition coefficient (Wildman–Crippen LogP) is 2.34. The van der Waals surface area contributed by atoms with Crippen molar-refractivity contribution in [3.05, 3.63) is 18.2 Å². The molecule has 2 rings (SSSR count). The number of sulfonamides is 1. The first-order valence-corrected chi connectivity index (χ1v) is 9.07. The number of nitrogens with zero attached hydrogens (tertiary/aromatic N) is 1. The van der Waals surface area contributed by atoms with E-state index < -0.39 is 10.0 Å². The van der Waals surface area contributed by atoms with Gasteiger partial charge < -0.3 is 10.6 Å². The molecule has 21 heavy (non-hydrogen) atoms. The van der Waals surface area contributed by atoms with E-state index in [9.17, 15) is 8.42 Å². The van der Waals surface area contributed by atoms with Gasteiger partial charge in [0.15, 0.2) is 0 Å². The smallest absolute Gasteiger partial charge is 0.242 e. The summed E-state index contributed by atoms with van der Waals surface area (Å²) in [5, 5.41) is 0. The van der Waals surface area contributed by atoms with Gasteiger partial charge in [0, 0.05) is 18.3 Å². The number of hydrogen-bond acceptors (Lipinski definition) is 4. The summed E-state index contributed by atoms with van der Waals surface area (Å²) in [6.45, 7) is 2.86. The number of nitrogen functional groups attached to an aromatic ring is 1. The van der Waals surface area contributed by atoms with E-state index in [4.69, 9.17) is 5.73 Å². The van der Waals surface area contributed by atoms with Crippen LogP contribution in [-0.2, 0) is 10.0 Å².